The van der Waals surface area contributed by atoms with Crippen molar-refractivity contribution in [2.24, 2.45) is 10.9 Å². The second-order valence-electron chi connectivity index (χ2n) is 7.41. The molecule has 2 fully saturated rings. The molecule has 1 N–H and O–H groups in total. The standard InChI is InChI=1S/C20H32N4O.HI/c1-21-20(22-15-19(23(2)3)16-9-10-16)24-13-11-18(12-14-24)25-17-7-5-4-6-8-17;/h4-8,16,18-19H,9-15H2,1-3H3,(H,21,22);1H. The lowest BCUT2D eigenvalue weighted by Crippen LogP contribution is -2.50. The largest absolute Gasteiger partial charge is 0.490 e. The third-order valence-electron chi connectivity index (χ3n) is 5.30. The van der Waals surface area contributed by atoms with Crippen LogP contribution in [-0.4, -0.2) is 68.7 Å². The number of hydrogen-bond acceptors (Lipinski definition) is 3. The van der Waals surface area contributed by atoms with Crippen molar-refractivity contribution in [3.8, 4) is 5.75 Å². The van der Waals surface area contributed by atoms with Gasteiger partial charge >= 0.3 is 0 Å². The van der Waals surface area contributed by atoms with E-state index >= 15 is 0 Å². The Kier molecular flexibility index (Phi) is 8.47. The van der Waals surface area contributed by atoms with Crippen molar-refractivity contribution >= 4 is 29.9 Å². The molecule has 1 aromatic rings. The molecule has 6 heteroatoms. The molecule has 1 saturated heterocycles. The Hall–Kier alpha value is -1.02. The van der Waals surface area contributed by atoms with Gasteiger partial charge < -0.3 is 19.9 Å². The van der Waals surface area contributed by atoms with Crippen molar-refractivity contribution in [1.82, 2.24) is 15.1 Å². The Labute approximate surface area is 175 Å². The normalized spacial score (nSPS) is 19.8. The van der Waals surface area contributed by atoms with Crippen molar-refractivity contribution < 1.29 is 4.74 Å². The zero-order valence-electron chi connectivity index (χ0n) is 16.2. The van der Waals surface area contributed by atoms with Crippen LogP contribution in [0.1, 0.15) is 25.7 Å². The number of para-hydroxylation sites is 1. The lowest BCUT2D eigenvalue weighted by Gasteiger charge is -2.35. The fourth-order valence-electron chi connectivity index (χ4n) is 3.66. The van der Waals surface area contributed by atoms with E-state index in [2.05, 4.69) is 34.2 Å². The molecule has 26 heavy (non-hydrogen) atoms. The molecule has 1 unspecified atom stereocenters. The zero-order chi connectivity index (χ0) is 17.6. The number of hydrogen-bond donors (Lipinski definition) is 1. The van der Waals surface area contributed by atoms with Gasteiger partial charge in [-0.2, -0.15) is 0 Å². The molecule has 5 nitrogen and oxygen atoms in total. The molecule has 146 valence electrons. The molecule has 1 aromatic carbocycles. The van der Waals surface area contributed by atoms with Crippen LogP contribution in [-0.2, 0) is 0 Å². The lowest BCUT2D eigenvalue weighted by molar-refractivity contribution is 0.129. The van der Waals surface area contributed by atoms with E-state index in [0.29, 0.717) is 12.1 Å². The van der Waals surface area contributed by atoms with Gasteiger partial charge in [-0.15, -0.1) is 24.0 Å². The van der Waals surface area contributed by atoms with E-state index in [1.165, 1.54) is 12.8 Å². The first-order chi connectivity index (χ1) is 12.2. The number of guanidine groups is 1. The first-order valence-corrected chi connectivity index (χ1v) is 9.51. The molecule has 0 radical (unpaired) electrons. The number of benzene rings is 1. The maximum absolute atomic E-state index is 6.09. The fraction of sp³-hybridized carbons (Fsp3) is 0.650. The van der Waals surface area contributed by atoms with Gasteiger partial charge in [0.1, 0.15) is 11.9 Å². The fourth-order valence-corrected chi connectivity index (χ4v) is 3.66. The molecular formula is C20H33IN4O. The van der Waals surface area contributed by atoms with Gasteiger partial charge in [0.15, 0.2) is 5.96 Å². The van der Waals surface area contributed by atoms with Crippen molar-refractivity contribution in [1.29, 1.82) is 0 Å². The average molecular weight is 472 g/mol. The van der Waals surface area contributed by atoms with Gasteiger partial charge in [-0.05, 0) is 45.0 Å². The van der Waals surface area contributed by atoms with E-state index in [9.17, 15) is 0 Å². The van der Waals surface area contributed by atoms with E-state index in [1.54, 1.807) is 0 Å². The van der Waals surface area contributed by atoms with Crippen LogP contribution in [0.4, 0.5) is 0 Å². The van der Waals surface area contributed by atoms with E-state index in [1.807, 2.05) is 37.4 Å². The van der Waals surface area contributed by atoms with Crippen LogP contribution in [0.2, 0.25) is 0 Å². The minimum atomic E-state index is 0. The van der Waals surface area contributed by atoms with Crippen LogP contribution in [0.3, 0.4) is 0 Å². The topological polar surface area (TPSA) is 40.1 Å². The quantitative estimate of drug-likeness (QED) is 0.393. The summed E-state index contributed by atoms with van der Waals surface area (Å²) < 4.78 is 6.09. The Morgan fingerprint density at radius 3 is 2.38 bits per heavy atom. The summed E-state index contributed by atoms with van der Waals surface area (Å²) in [5.41, 5.74) is 0. The molecule has 0 aromatic heterocycles. The Balaban J connectivity index is 0.00000243. The molecule has 2 aliphatic rings. The highest BCUT2D eigenvalue weighted by molar-refractivity contribution is 14.0. The number of nitrogens with one attached hydrogen (secondary N) is 1. The highest BCUT2D eigenvalue weighted by Gasteiger charge is 2.33. The third kappa shape index (κ3) is 6.01. The van der Waals surface area contributed by atoms with Gasteiger partial charge in [0, 0.05) is 45.6 Å². The summed E-state index contributed by atoms with van der Waals surface area (Å²) in [5, 5.41) is 3.60. The SMILES string of the molecule is CN=C(NCC(C1CC1)N(C)C)N1CCC(Oc2ccccc2)CC1.I. The smallest absolute Gasteiger partial charge is 0.193 e. The van der Waals surface area contributed by atoms with Gasteiger partial charge in [-0.25, -0.2) is 0 Å². The maximum atomic E-state index is 6.09. The minimum Gasteiger partial charge on any atom is -0.490 e. The number of piperidine rings is 1. The van der Waals surface area contributed by atoms with Gasteiger partial charge in [0.25, 0.3) is 0 Å². The van der Waals surface area contributed by atoms with E-state index in [-0.39, 0.29) is 24.0 Å². The Bertz CT molecular complexity index is 552. The van der Waals surface area contributed by atoms with Gasteiger partial charge in [-0.3, -0.25) is 4.99 Å². The lowest BCUT2D eigenvalue weighted by atomic mass is 10.1. The monoisotopic (exact) mass is 472 g/mol. The third-order valence-corrected chi connectivity index (χ3v) is 5.30. The molecular weight excluding hydrogens is 439 g/mol. The summed E-state index contributed by atoms with van der Waals surface area (Å²) in [6.07, 6.45) is 5.11. The van der Waals surface area contributed by atoms with Crippen molar-refractivity contribution in [3.63, 3.8) is 0 Å². The average Bonchev–Trinajstić information content (AvgIpc) is 3.45. The predicted molar refractivity (Wildman–Crippen MR) is 119 cm³/mol. The molecule has 1 aliphatic carbocycles. The number of likely N-dealkylation sites (tertiary alicyclic amines) is 1. The first-order valence-electron chi connectivity index (χ1n) is 9.51. The second kappa shape index (κ2) is 10.3. The number of aliphatic imine (C=N–C) groups is 1. The molecule has 0 bridgehead atoms. The number of ether oxygens (including phenoxy) is 1. The summed E-state index contributed by atoms with van der Waals surface area (Å²) >= 11 is 0. The van der Waals surface area contributed by atoms with Crippen LogP contribution >= 0.6 is 24.0 Å². The zero-order valence-corrected chi connectivity index (χ0v) is 18.6. The number of likely N-dealkylation sites (N-methyl/N-ethyl adjacent to an activating group) is 1. The second-order valence-corrected chi connectivity index (χ2v) is 7.41. The predicted octanol–water partition coefficient (Wildman–Crippen LogP) is 3.06. The number of halogens is 1. The van der Waals surface area contributed by atoms with Gasteiger partial charge in [0.2, 0.25) is 0 Å². The molecule has 1 aliphatic heterocycles. The van der Waals surface area contributed by atoms with Crippen LogP contribution < -0.4 is 10.1 Å². The molecule has 0 spiro atoms. The molecule has 0 amide bonds. The minimum absolute atomic E-state index is 0. The van der Waals surface area contributed by atoms with Crippen molar-refractivity contribution in [3.05, 3.63) is 30.3 Å². The van der Waals surface area contributed by atoms with Crippen LogP contribution in [0.15, 0.2) is 35.3 Å². The van der Waals surface area contributed by atoms with E-state index in [4.69, 9.17) is 4.74 Å². The number of rotatable bonds is 6. The van der Waals surface area contributed by atoms with Gasteiger partial charge in [-0.1, -0.05) is 18.2 Å². The summed E-state index contributed by atoms with van der Waals surface area (Å²) in [6, 6.07) is 10.7. The summed E-state index contributed by atoms with van der Waals surface area (Å²) in [6.45, 7) is 2.96. The highest BCUT2D eigenvalue weighted by Crippen LogP contribution is 2.34. The summed E-state index contributed by atoms with van der Waals surface area (Å²) in [7, 11) is 6.25. The maximum Gasteiger partial charge on any atom is 0.193 e. The first kappa shape index (κ1) is 21.3. The number of nitrogens with zero attached hydrogens (tertiary/aromatic N) is 3. The van der Waals surface area contributed by atoms with Gasteiger partial charge in [0.05, 0.1) is 0 Å². The van der Waals surface area contributed by atoms with E-state index < -0.39 is 0 Å². The molecule has 1 heterocycles. The highest BCUT2D eigenvalue weighted by atomic mass is 127. The summed E-state index contributed by atoms with van der Waals surface area (Å²) in [5.74, 6) is 2.86. The van der Waals surface area contributed by atoms with Crippen LogP contribution in [0, 0.1) is 5.92 Å². The Morgan fingerprint density at radius 1 is 1.19 bits per heavy atom. The molecule has 1 atom stereocenters. The van der Waals surface area contributed by atoms with E-state index in [0.717, 1.165) is 50.1 Å². The molecule has 1 saturated carbocycles. The Morgan fingerprint density at radius 2 is 1.85 bits per heavy atom. The van der Waals surface area contributed by atoms with Crippen molar-refractivity contribution in [2.75, 3.05) is 40.8 Å². The van der Waals surface area contributed by atoms with Crippen molar-refractivity contribution in [2.45, 2.75) is 37.8 Å². The van der Waals surface area contributed by atoms with Crippen LogP contribution in [0.5, 0.6) is 5.75 Å². The molecule has 3 rings (SSSR count). The summed E-state index contributed by atoms with van der Waals surface area (Å²) in [4.78, 5) is 9.21. The van der Waals surface area contributed by atoms with Crippen LogP contribution in [0.25, 0.3) is 0 Å².